The fourth-order valence-corrected chi connectivity index (χ4v) is 3.37. The molecule has 0 bridgehead atoms. The molecule has 0 aliphatic heterocycles. The highest BCUT2D eigenvalue weighted by Crippen LogP contribution is 2.32. The molecule has 1 aliphatic carbocycles. The SMILES string of the molecule is Cc1ccc(OCc2nc(C)c(C(=O)N[C@@H](C)C3CC3)s2)cc1. The molecule has 23 heavy (non-hydrogen) atoms. The van der Waals surface area contributed by atoms with Crippen molar-refractivity contribution in [2.75, 3.05) is 0 Å². The molecule has 0 radical (unpaired) electrons. The number of hydrogen-bond acceptors (Lipinski definition) is 4. The first kappa shape index (κ1) is 16.0. The Morgan fingerprint density at radius 1 is 1.35 bits per heavy atom. The van der Waals surface area contributed by atoms with Crippen LogP contribution in [0.1, 0.15) is 45.7 Å². The molecule has 1 aliphatic rings. The second-order valence-corrected chi connectivity index (χ2v) is 7.31. The normalized spacial score (nSPS) is 15.3. The zero-order valence-electron chi connectivity index (χ0n) is 13.8. The smallest absolute Gasteiger partial charge is 0.263 e. The third-order valence-electron chi connectivity index (χ3n) is 4.12. The number of benzene rings is 1. The standard InChI is InChI=1S/C18H22N2O2S/c1-11-4-8-15(9-5-11)22-10-16-19-13(3)17(23-16)18(21)20-12(2)14-6-7-14/h4-5,8-9,12,14H,6-7,10H2,1-3H3,(H,20,21)/t12-/m0/s1. The van der Waals surface area contributed by atoms with E-state index in [4.69, 9.17) is 4.74 Å². The van der Waals surface area contributed by atoms with Crippen molar-refractivity contribution in [1.82, 2.24) is 10.3 Å². The van der Waals surface area contributed by atoms with E-state index >= 15 is 0 Å². The third-order valence-corrected chi connectivity index (χ3v) is 5.25. The van der Waals surface area contributed by atoms with Crippen molar-refractivity contribution < 1.29 is 9.53 Å². The van der Waals surface area contributed by atoms with Crippen LogP contribution in [0.3, 0.4) is 0 Å². The lowest BCUT2D eigenvalue weighted by atomic mass is 10.2. The highest BCUT2D eigenvalue weighted by Gasteiger charge is 2.29. The number of thiazole rings is 1. The molecule has 1 N–H and O–H groups in total. The minimum Gasteiger partial charge on any atom is -0.486 e. The van der Waals surface area contributed by atoms with E-state index in [-0.39, 0.29) is 11.9 Å². The lowest BCUT2D eigenvalue weighted by Gasteiger charge is -2.11. The van der Waals surface area contributed by atoms with E-state index < -0.39 is 0 Å². The largest absolute Gasteiger partial charge is 0.486 e. The molecule has 1 heterocycles. The summed E-state index contributed by atoms with van der Waals surface area (Å²) in [6.07, 6.45) is 2.44. The molecule has 1 fully saturated rings. The van der Waals surface area contributed by atoms with Gasteiger partial charge in [0, 0.05) is 6.04 Å². The number of nitrogens with one attached hydrogen (secondary N) is 1. The second-order valence-electron chi connectivity index (χ2n) is 6.22. The van der Waals surface area contributed by atoms with Gasteiger partial charge in [0.1, 0.15) is 22.2 Å². The number of amides is 1. The van der Waals surface area contributed by atoms with E-state index in [0.717, 1.165) is 16.5 Å². The maximum absolute atomic E-state index is 12.4. The molecule has 1 atom stereocenters. The summed E-state index contributed by atoms with van der Waals surface area (Å²) in [4.78, 5) is 17.5. The molecule has 122 valence electrons. The molecule has 1 saturated carbocycles. The van der Waals surface area contributed by atoms with Crippen LogP contribution >= 0.6 is 11.3 Å². The first-order valence-corrected chi connectivity index (χ1v) is 8.81. The zero-order valence-corrected chi connectivity index (χ0v) is 14.6. The van der Waals surface area contributed by atoms with Crippen LogP contribution in [0.4, 0.5) is 0 Å². The average molecular weight is 330 g/mol. The van der Waals surface area contributed by atoms with Gasteiger partial charge in [0.05, 0.1) is 5.69 Å². The topological polar surface area (TPSA) is 51.2 Å². The summed E-state index contributed by atoms with van der Waals surface area (Å²) in [6, 6.07) is 8.17. The van der Waals surface area contributed by atoms with E-state index in [1.807, 2.05) is 38.1 Å². The maximum Gasteiger partial charge on any atom is 0.263 e. The van der Waals surface area contributed by atoms with Crippen molar-refractivity contribution >= 4 is 17.2 Å². The number of nitrogens with zero attached hydrogens (tertiary/aromatic N) is 1. The van der Waals surface area contributed by atoms with Gasteiger partial charge < -0.3 is 10.1 Å². The summed E-state index contributed by atoms with van der Waals surface area (Å²) in [5.74, 6) is 1.45. The van der Waals surface area contributed by atoms with Gasteiger partial charge in [0.15, 0.2) is 0 Å². The highest BCUT2D eigenvalue weighted by atomic mass is 32.1. The van der Waals surface area contributed by atoms with Crippen LogP contribution < -0.4 is 10.1 Å². The molecule has 0 spiro atoms. The van der Waals surface area contributed by atoms with Crippen molar-refractivity contribution in [2.24, 2.45) is 5.92 Å². The summed E-state index contributed by atoms with van der Waals surface area (Å²) in [7, 11) is 0. The maximum atomic E-state index is 12.4. The molecule has 4 nitrogen and oxygen atoms in total. The lowest BCUT2D eigenvalue weighted by molar-refractivity contribution is 0.0939. The Labute approximate surface area is 140 Å². The van der Waals surface area contributed by atoms with Crippen LogP contribution in [0.15, 0.2) is 24.3 Å². The predicted molar refractivity (Wildman–Crippen MR) is 92.0 cm³/mol. The lowest BCUT2D eigenvalue weighted by Crippen LogP contribution is -2.33. The van der Waals surface area contributed by atoms with E-state index in [1.165, 1.54) is 29.7 Å². The molecule has 1 amide bonds. The summed E-state index contributed by atoms with van der Waals surface area (Å²) >= 11 is 1.42. The summed E-state index contributed by atoms with van der Waals surface area (Å²) in [5.41, 5.74) is 1.98. The molecule has 0 saturated heterocycles. The first-order chi connectivity index (χ1) is 11.0. The minimum atomic E-state index is -0.0130. The number of rotatable bonds is 6. The van der Waals surface area contributed by atoms with Gasteiger partial charge in [-0.05, 0) is 51.7 Å². The Bertz CT molecular complexity index is 690. The second kappa shape index (κ2) is 6.71. The van der Waals surface area contributed by atoms with E-state index in [2.05, 4.69) is 17.2 Å². The van der Waals surface area contributed by atoms with Crippen LogP contribution in [-0.2, 0) is 6.61 Å². The molecule has 1 aromatic carbocycles. The Morgan fingerprint density at radius 3 is 2.70 bits per heavy atom. The predicted octanol–water partition coefficient (Wildman–Crippen LogP) is 3.87. The van der Waals surface area contributed by atoms with Gasteiger partial charge in [-0.1, -0.05) is 17.7 Å². The van der Waals surface area contributed by atoms with Crippen LogP contribution in [0, 0.1) is 19.8 Å². The van der Waals surface area contributed by atoms with Crippen molar-refractivity contribution in [2.45, 2.75) is 46.3 Å². The van der Waals surface area contributed by atoms with Crippen molar-refractivity contribution in [3.63, 3.8) is 0 Å². The van der Waals surface area contributed by atoms with E-state index in [9.17, 15) is 4.79 Å². The number of ether oxygens (including phenoxy) is 1. The molecule has 1 aromatic heterocycles. The fraction of sp³-hybridized carbons (Fsp3) is 0.444. The van der Waals surface area contributed by atoms with Gasteiger partial charge in [0.25, 0.3) is 5.91 Å². The van der Waals surface area contributed by atoms with E-state index in [1.54, 1.807) is 0 Å². The van der Waals surface area contributed by atoms with Gasteiger partial charge in [-0.3, -0.25) is 4.79 Å². The van der Waals surface area contributed by atoms with Crippen LogP contribution in [0.2, 0.25) is 0 Å². The molecule has 2 aromatic rings. The van der Waals surface area contributed by atoms with Gasteiger partial charge in [-0.2, -0.15) is 0 Å². The van der Waals surface area contributed by atoms with Crippen molar-refractivity contribution in [3.05, 3.63) is 45.4 Å². The number of carbonyl (C=O) groups is 1. The Morgan fingerprint density at radius 2 is 2.04 bits per heavy atom. The molecular weight excluding hydrogens is 308 g/mol. The van der Waals surface area contributed by atoms with Crippen LogP contribution in [-0.4, -0.2) is 16.9 Å². The van der Waals surface area contributed by atoms with Gasteiger partial charge in [-0.25, -0.2) is 4.98 Å². The van der Waals surface area contributed by atoms with E-state index in [0.29, 0.717) is 17.4 Å². The van der Waals surface area contributed by atoms with Gasteiger partial charge >= 0.3 is 0 Å². The molecule has 3 rings (SSSR count). The Balaban J connectivity index is 1.60. The summed E-state index contributed by atoms with van der Waals surface area (Å²) in [5, 5.41) is 3.91. The van der Waals surface area contributed by atoms with Gasteiger partial charge in [-0.15, -0.1) is 11.3 Å². The third kappa shape index (κ3) is 4.10. The molecular formula is C18H22N2O2S. The number of aromatic nitrogens is 1. The van der Waals surface area contributed by atoms with Gasteiger partial charge in [0.2, 0.25) is 0 Å². The average Bonchev–Trinajstić information content (AvgIpc) is 3.30. The highest BCUT2D eigenvalue weighted by molar-refractivity contribution is 7.13. The zero-order chi connectivity index (χ0) is 16.4. The molecule has 0 unspecified atom stereocenters. The number of aryl methyl sites for hydroxylation is 2. The quantitative estimate of drug-likeness (QED) is 0.875. The van der Waals surface area contributed by atoms with Crippen molar-refractivity contribution in [3.8, 4) is 5.75 Å². The molecule has 5 heteroatoms. The fourth-order valence-electron chi connectivity index (χ4n) is 2.49. The summed E-state index contributed by atoms with van der Waals surface area (Å²) in [6.45, 7) is 6.39. The van der Waals surface area contributed by atoms with Crippen molar-refractivity contribution in [1.29, 1.82) is 0 Å². The Kier molecular flexibility index (Phi) is 4.66. The minimum absolute atomic E-state index is 0.0130. The van der Waals surface area contributed by atoms with Crippen LogP contribution in [0.5, 0.6) is 5.75 Å². The summed E-state index contributed by atoms with van der Waals surface area (Å²) < 4.78 is 5.74. The van der Waals surface area contributed by atoms with Crippen LogP contribution in [0.25, 0.3) is 0 Å². The monoisotopic (exact) mass is 330 g/mol. The Hall–Kier alpha value is -1.88. The number of hydrogen-bond donors (Lipinski definition) is 1. The first-order valence-electron chi connectivity index (χ1n) is 7.99. The number of carbonyl (C=O) groups excluding carboxylic acids is 1.